The van der Waals surface area contributed by atoms with Crippen LogP contribution in [0.25, 0.3) is 21.6 Å². The van der Waals surface area contributed by atoms with Gasteiger partial charge in [-0.25, -0.2) is 9.67 Å². The van der Waals surface area contributed by atoms with Crippen LogP contribution in [0.5, 0.6) is 0 Å². The Bertz CT molecular complexity index is 1050. The summed E-state index contributed by atoms with van der Waals surface area (Å²) in [6.45, 7) is 9.99. The quantitative estimate of drug-likeness (QED) is 0.627. The van der Waals surface area contributed by atoms with Gasteiger partial charge in [0, 0.05) is 37.1 Å². The Morgan fingerprint density at radius 1 is 1.20 bits per heavy atom. The molecule has 6 nitrogen and oxygen atoms in total. The van der Waals surface area contributed by atoms with E-state index < -0.39 is 0 Å². The van der Waals surface area contributed by atoms with Crippen molar-refractivity contribution in [2.24, 2.45) is 11.8 Å². The Hall–Kier alpha value is -1.67. The monoisotopic (exact) mass is 467 g/mol. The molecule has 9 heteroatoms. The molecule has 2 atom stereocenters. The van der Waals surface area contributed by atoms with Crippen molar-refractivity contribution in [1.82, 2.24) is 25.0 Å². The number of aryl methyl sites for hydroxylation is 1. The average molecular weight is 468 g/mol. The highest BCUT2D eigenvalue weighted by atomic mass is 35.5. The Kier molecular flexibility index (Phi) is 6.77. The molecule has 0 saturated carbocycles. The molecule has 2 aliphatic heterocycles. The van der Waals surface area contributed by atoms with Crippen LogP contribution >= 0.6 is 36.2 Å². The van der Waals surface area contributed by atoms with Crippen LogP contribution in [0.15, 0.2) is 24.4 Å². The molecule has 0 aromatic carbocycles. The summed E-state index contributed by atoms with van der Waals surface area (Å²) in [5, 5.41) is 8.83. The molecule has 0 radical (unpaired) electrons. The third kappa shape index (κ3) is 3.84. The number of amides is 1. The minimum absolute atomic E-state index is 0. The van der Waals surface area contributed by atoms with Gasteiger partial charge in [-0.3, -0.25) is 4.79 Å². The van der Waals surface area contributed by atoms with Gasteiger partial charge in [-0.1, -0.05) is 0 Å². The largest absolute Gasteiger partial charge is 0.338 e. The van der Waals surface area contributed by atoms with Crippen molar-refractivity contribution in [1.29, 1.82) is 0 Å². The molecule has 2 saturated heterocycles. The van der Waals surface area contributed by atoms with Crippen molar-refractivity contribution >= 4 is 53.1 Å². The molecule has 1 amide bonds. The van der Waals surface area contributed by atoms with E-state index >= 15 is 0 Å². The molecular weight excluding hydrogens is 441 g/mol. The Labute approximate surface area is 192 Å². The zero-order chi connectivity index (χ0) is 19.4. The Balaban J connectivity index is 0.00000128. The summed E-state index contributed by atoms with van der Waals surface area (Å²) in [4.78, 5) is 22.8. The molecule has 5 rings (SSSR count). The van der Waals surface area contributed by atoms with Crippen LogP contribution in [0.2, 0.25) is 0 Å². The van der Waals surface area contributed by atoms with Crippen LogP contribution in [-0.2, 0) is 0 Å². The van der Waals surface area contributed by atoms with Gasteiger partial charge in [-0.15, -0.1) is 36.2 Å². The number of thiophene rings is 1. The topological polar surface area (TPSA) is 63.1 Å². The van der Waals surface area contributed by atoms with Gasteiger partial charge < -0.3 is 10.2 Å². The lowest BCUT2D eigenvalue weighted by atomic mass is 10.0. The zero-order valence-electron chi connectivity index (χ0n) is 17.3. The molecular formula is C21H27Cl2N5OS. The van der Waals surface area contributed by atoms with Crippen LogP contribution in [0.4, 0.5) is 0 Å². The molecule has 2 aliphatic rings. The highest BCUT2D eigenvalue weighted by Gasteiger charge is 2.38. The fourth-order valence-corrected chi connectivity index (χ4v) is 5.29. The van der Waals surface area contributed by atoms with E-state index in [9.17, 15) is 4.79 Å². The van der Waals surface area contributed by atoms with Crippen LogP contribution < -0.4 is 5.32 Å². The molecule has 0 aliphatic carbocycles. The van der Waals surface area contributed by atoms with Crippen molar-refractivity contribution in [3.63, 3.8) is 0 Å². The summed E-state index contributed by atoms with van der Waals surface area (Å²) in [5.74, 6) is 1.28. The lowest BCUT2D eigenvalue weighted by molar-refractivity contribution is 0.0783. The van der Waals surface area contributed by atoms with Crippen molar-refractivity contribution in [3.05, 3.63) is 34.8 Å². The van der Waals surface area contributed by atoms with E-state index in [1.165, 1.54) is 4.88 Å². The van der Waals surface area contributed by atoms with Crippen LogP contribution in [-0.4, -0.2) is 51.8 Å². The van der Waals surface area contributed by atoms with E-state index in [2.05, 4.69) is 43.3 Å². The number of nitrogens with one attached hydrogen (secondary N) is 1. The standard InChI is InChI=1S/C21H25N5OS.2ClH/c1-12(2)26-20-17(9-23-26)16(6-18(24-20)19-5-4-13(3)28-19)21(27)25-10-14-7-22-8-15(14)11-25;;/h4-6,9,12,14-15,22H,7-8,10-11H2,1-3H3;2*1H/t14-,15+;;. The van der Waals surface area contributed by atoms with Crippen molar-refractivity contribution < 1.29 is 4.79 Å². The van der Waals surface area contributed by atoms with Gasteiger partial charge in [-0.2, -0.15) is 5.10 Å². The van der Waals surface area contributed by atoms with E-state index in [0.717, 1.165) is 53.3 Å². The SMILES string of the molecule is Cc1ccc(-c2cc(C(=O)N3C[C@H]4CNC[C@H]4C3)c3cnn(C(C)C)c3n2)s1.Cl.Cl. The summed E-state index contributed by atoms with van der Waals surface area (Å²) in [7, 11) is 0. The number of fused-ring (bicyclic) bond motifs is 2. The van der Waals surface area contributed by atoms with Gasteiger partial charge in [0.25, 0.3) is 5.91 Å². The maximum atomic E-state index is 13.5. The van der Waals surface area contributed by atoms with E-state index in [-0.39, 0.29) is 36.8 Å². The fourth-order valence-electron chi connectivity index (χ4n) is 4.46. The number of hydrogen-bond acceptors (Lipinski definition) is 5. The van der Waals surface area contributed by atoms with Gasteiger partial charge in [-0.05, 0) is 50.8 Å². The van der Waals surface area contributed by atoms with E-state index in [1.54, 1.807) is 17.5 Å². The van der Waals surface area contributed by atoms with Crippen LogP contribution in [0.3, 0.4) is 0 Å². The molecule has 3 aromatic heterocycles. The second-order valence-corrected chi connectivity index (χ2v) is 9.56. The number of nitrogens with zero attached hydrogens (tertiary/aromatic N) is 4. The van der Waals surface area contributed by atoms with Gasteiger partial charge in [0.15, 0.2) is 5.65 Å². The highest BCUT2D eigenvalue weighted by molar-refractivity contribution is 7.15. The van der Waals surface area contributed by atoms with E-state index in [1.807, 2.05) is 15.6 Å². The van der Waals surface area contributed by atoms with Crippen LogP contribution in [0, 0.1) is 18.8 Å². The maximum Gasteiger partial charge on any atom is 0.254 e. The number of rotatable bonds is 3. The molecule has 30 heavy (non-hydrogen) atoms. The minimum Gasteiger partial charge on any atom is -0.338 e. The van der Waals surface area contributed by atoms with Gasteiger partial charge >= 0.3 is 0 Å². The summed E-state index contributed by atoms with van der Waals surface area (Å²) in [5.41, 5.74) is 2.38. The first-order valence-electron chi connectivity index (χ1n) is 9.96. The third-order valence-corrected chi connectivity index (χ3v) is 6.98. The van der Waals surface area contributed by atoms with E-state index in [4.69, 9.17) is 4.98 Å². The number of carbonyl (C=O) groups excluding carboxylic acids is 1. The number of aromatic nitrogens is 3. The predicted molar refractivity (Wildman–Crippen MR) is 126 cm³/mol. The fraction of sp³-hybridized carbons (Fsp3) is 0.476. The maximum absolute atomic E-state index is 13.5. The van der Waals surface area contributed by atoms with Crippen molar-refractivity contribution in [3.8, 4) is 10.6 Å². The molecule has 162 valence electrons. The Morgan fingerprint density at radius 2 is 1.90 bits per heavy atom. The lowest BCUT2D eigenvalue weighted by Gasteiger charge is -2.18. The first kappa shape index (κ1) is 23.0. The van der Waals surface area contributed by atoms with Crippen molar-refractivity contribution in [2.75, 3.05) is 26.2 Å². The first-order chi connectivity index (χ1) is 13.5. The second-order valence-electron chi connectivity index (χ2n) is 8.27. The molecule has 1 N–H and O–H groups in total. The number of pyridine rings is 1. The Morgan fingerprint density at radius 3 is 2.50 bits per heavy atom. The molecule has 2 fully saturated rings. The smallest absolute Gasteiger partial charge is 0.254 e. The summed E-state index contributed by atoms with van der Waals surface area (Å²) < 4.78 is 1.92. The van der Waals surface area contributed by atoms with E-state index in [0.29, 0.717) is 11.8 Å². The number of hydrogen-bond donors (Lipinski definition) is 1. The average Bonchev–Trinajstić information content (AvgIpc) is 3.42. The summed E-state index contributed by atoms with van der Waals surface area (Å²) in [6.07, 6.45) is 1.80. The zero-order valence-corrected chi connectivity index (χ0v) is 19.7. The van der Waals surface area contributed by atoms with Gasteiger partial charge in [0.1, 0.15) is 0 Å². The molecule has 0 unspecified atom stereocenters. The first-order valence-corrected chi connectivity index (χ1v) is 10.8. The van der Waals surface area contributed by atoms with Crippen LogP contribution in [0.1, 0.15) is 35.1 Å². The highest BCUT2D eigenvalue weighted by Crippen LogP contribution is 2.33. The lowest BCUT2D eigenvalue weighted by Crippen LogP contribution is -2.32. The molecule has 0 spiro atoms. The number of carbonyl (C=O) groups is 1. The third-order valence-electron chi connectivity index (χ3n) is 5.96. The predicted octanol–water partition coefficient (Wildman–Crippen LogP) is 4.18. The van der Waals surface area contributed by atoms with Gasteiger partial charge in [0.2, 0.25) is 0 Å². The number of halogens is 2. The molecule has 5 heterocycles. The molecule has 3 aromatic rings. The normalized spacial score (nSPS) is 20.3. The summed E-state index contributed by atoms with van der Waals surface area (Å²) >= 11 is 1.71. The second kappa shape index (κ2) is 8.83. The number of likely N-dealkylation sites (tertiary alicyclic amines) is 1. The molecule has 0 bridgehead atoms. The summed E-state index contributed by atoms with van der Waals surface area (Å²) in [6, 6.07) is 6.34. The van der Waals surface area contributed by atoms with Gasteiger partial charge in [0.05, 0.1) is 27.7 Å². The minimum atomic E-state index is 0. The van der Waals surface area contributed by atoms with Crippen molar-refractivity contribution in [2.45, 2.75) is 26.8 Å².